The van der Waals surface area contributed by atoms with Crippen LogP contribution in [0.3, 0.4) is 0 Å². The van der Waals surface area contributed by atoms with Gasteiger partial charge in [0.05, 0.1) is 19.9 Å². The minimum atomic E-state index is -0.445. The van der Waals surface area contributed by atoms with E-state index in [1.165, 1.54) is 4.90 Å². The molecule has 4 unspecified atom stereocenters. The van der Waals surface area contributed by atoms with Crippen molar-refractivity contribution < 1.29 is 19.1 Å². The predicted molar refractivity (Wildman–Crippen MR) is 117 cm³/mol. The second kappa shape index (κ2) is 8.39. The SMILES string of the molecule is C/C=C/CN1C(=O)C2C(NC3N(c4cc(OC)ccc4OC)CC(C)CN23)N(C)C1=O. The first-order chi connectivity index (χ1) is 14.9. The molecule has 4 rings (SSSR count). The summed E-state index contributed by atoms with van der Waals surface area (Å²) in [4.78, 5) is 33.6. The number of fused-ring (bicyclic) bond motifs is 3. The standard InChI is InChI=1S/C22H31N5O4/c1-6-7-10-25-20(28)18-19(24(3)22(25)29)23-21-26(12-14(2)13-27(18)21)16-11-15(30-4)8-9-17(16)31-5/h6-9,11,14,18-19,21,23H,10,12-13H2,1-5H3/b7-6+. The maximum absolute atomic E-state index is 13.4. The quantitative estimate of drug-likeness (QED) is 0.711. The third-order valence-corrected chi connectivity index (χ3v) is 6.30. The first-order valence-corrected chi connectivity index (χ1v) is 10.6. The van der Waals surface area contributed by atoms with Crippen LogP contribution in [0.2, 0.25) is 0 Å². The zero-order valence-electron chi connectivity index (χ0n) is 18.7. The van der Waals surface area contributed by atoms with Crippen molar-refractivity contribution in [2.75, 3.05) is 45.8 Å². The van der Waals surface area contributed by atoms with E-state index in [-0.39, 0.29) is 24.8 Å². The highest BCUT2D eigenvalue weighted by Gasteiger charge is 2.56. The summed E-state index contributed by atoms with van der Waals surface area (Å²) in [5, 5.41) is 3.54. The summed E-state index contributed by atoms with van der Waals surface area (Å²) in [6.45, 7) is 5.87. The number of hydrogen-bond donors (Lipinski definition) is 1. The first-order valence-electron chi connectivity index (χ1n) is 10.6. The molecular formula is C22H31N5O4. The Morgan fingerprint density at radius 3 is 2.65 bits per heavy atom. The number of likely N-dealkylation sites (N-methyl/N-ethyl adjacent to an activating group) is 1. The Kier molecular flexibility index (Phi) is 5.81. The van der Waals surface area contributed by atoms with E-state index in [0.29, 0.717) is 5.92 Å². The van der Waals surface area contributed by atoms with Crippen LogP contribution < -0.4 is 19.7 Å². The number of ether oxygens (including phenoxy) is 2. The monoisotopic (exact) mass is 429 g/mol. The number of imide groups is 1. The summed E-state index contributed by atoms with van der Waals surface area (Å²) >= 11 is 0. The molecule has 3 amide bonds. The van der Waals surface area contributed by atoms with Crippen molar-refractivity contribution >= 4 is 17.6 Å². The van der Waals surface area contributed by atoms with Crippen LogP contribution in [-0.4, -0.2) is 86.0 Å². The van der Waals surface area contributed by atoms with Crippen molar-refractivity contribution in [3.05, 3.63) is 30.4 Å². The molecule has 9 heteroatoms. The number of carbonyl (C=O) groups excluding carboxylic acids is 2. The van der Waals surface area contributed by atoms with Crippen LogP contribution in [0.15, 0.2) is 30.4 Å². The van der Waals surface area contributed by atoms with E-state index in [1.54, 1.807) is 26.2 Å². The average molecular weight is 430 g/mol. The normalized spacial score (nSPS) is 28.9. The molecule has 1 aromatic carbocycles. The van der Waals surface area contributed by atoms with E-state index in [1.807, 2.05) is 37.3 Å². The van der Waals surface area contributed by atoms with Crippen molar-refractivity contribution in [2.45, 2.75) is 32.3 Å². The number of hydrogen-bond acceptors (Lipinski definition) is 7. The Balaban J connectivity index is 1.71. The van der Waals surface area contributed by atoms with Gasteiger partial charge in [-0.15, -0.1) is 0 Å². The third kappa shape index (κ3) is 3.51. The second-order valence-electron chi connectivity index (χ2n) is 8.33. The predicted octanol–water partition coefficient (Wildman–Crippen LogP) is 1.51. The van der Waals surface area contributed by atoms with E-state index in [9.17, 15) is 9.59 Å². The molecule has 0 saturated carbocycles. The molecule has 3 saturated heterocycles. The van der Waals surface area contributed by atoms with E-state index >= 15 is 0 Å². The summed E-state index contributed by atoms with van der Waals surface area (Å²) in [7, 11) is 5.03. The van der Waals surface area contributed by atoms with Gasteiger partial charge in [-0.1, -0.05) is 19.1 Å². The van der Waals surface area contributed by atoms with E-state index in [4.69, 9.17) is 9.47 Å². The fourth-order valence-electron chi connectivity index (χ4n) is 4.80. The second-order valence-corrected chi connectivity index (χ2v) is 8.33. The highest BCUT2D eigenvalue weighted by atomic mass is 16.5. The molecule has 3 fully saturated rings. The van der Waals surface area contributed by atoms with Gasteiger partial charge in [0.25, 0.3) is 5.91 Å². The van der Waals surface area contributed by atoms with Crippen LogP contribution >= 0.6 is 0 Å². The number of nitrogens with one attached hydrogen (secondary N) is 1. The molecular weight excluding hydrogens is 398 g/mol. The van der Waals surface area contributed by atoms with E-state index in [0.717, 1.165) is 30.3 Å². The molecule has 0 aliphatic carbocycles. The van der Waals surface area contributed by atoms with Crippen molar-refractivity contribution in [3.63, 3.8) is 0 Å². The molecule has 3 aliphatic rings. The molecule has 0 spiro atoms. The number of rotatable bonds is 5. The molecule has 3 heterocycles. The number of methoxy groups -OCH3 is 2. The molecule has 0 bridgehead atoms. The molecule has 168 valence electrons. The third-order valence-electron chi connectivity index (χ3n) is 6.30. The van der Waals surface area contributed by atoms with Gasteiger partial charge in [0, 0.05) is 32.7 Å². The van der Waals surface area contributed by atoms with Crippen molar-refractivity contribution in [2.24, 2.45) is 5.92 Å². The lowest BCUT2D eigenvalue weighted by Gasteiger charge is -2.46. The summed E-state index contributed by atoms with van der Waals surface area (Å²) in [5.74, 6) is 1.62. The zero-order valence-corrected chi connectivity index (χ0v) is 18.7. The Morgan fingerprint density at radius 1 is 1.19 bits per heavy atom. The van der Waals surface area contributed by atoms with Gasteiger partial charge in [-0.3, -0.25) is 19.9 Å². The Morgan fingerprint density at radius 2 is 1.97 bits per heavy atom. The maximum atomic E-state index is 13.4. The number of benzene rings is 1. The highest BCUT2D eigenvalue weighted by molar-refractivity contribution is 6.00. The number of nitrogens with zero attached hydrogens (tertiary/aromatic N) is 4. The molecule has 31 heavy (non-hydrogen) atoms. The van der Waals surface area contributed by atoms with Crippen LogP contribution in [0.5, 0.6) is 11.5 Å². The van der Waals surface area contributed by atoms with Gasteiger partial charge >= 0.3 is 6.03 Å². The molecule has 9 nitrogen and oxygen atoms in total. The maximum Gasteiger partial charge on any atom is 0.328 e. The van der Waals surface area contributed by atoms with Crippen molar-refractivity contribution in [1.29, 1.82) is 0 Å². The van der Waals surface area contributed by atoms with Crippen LogP contribution in [0, 0.1) is 5.92 Å². The van der Waals surface area contributed by atoms with Gasteiger partial charge in [-0.25, -0.2) is 4.79 Å². The highest BCUT2D eigenvalue weighted by Crippen LogP contribution is 2.39. The number of allylic oxidation sites excluding steroid dienone is 1. The van der Waals surface area contributed by atoms with Crippen LogP contribution in [0.4, 0.5) is 10.5 Å². The van der Waals surface area contributed by atoms with E-state index in [2.05, 4.69) is 22.0 Å². The molecule has 4 atom stereocenters. The van der Waals surface area contributed by atoms with Gasteiger partial charge in [0.15, 0.2) is 0 Å². The molecule has 0 aromatic heterocycles. The summed E-state index contributed by atoms with van der Waals surface area (Å²) in [5.41, 5.74) is 0.891. The lowest BCUT2D eigenvalue weighted by Crippen LogP contribution is -2.66. The Labute approximate surface area is 183 Å². The molecule has 3 aliphatic heterocycles. The van der Waals surface area contributed by atoms with Crippen molar-refractivity contribution in [3.8, 4) is 11.5 Å². The topological polar surface area (TPSA) is 77.6 Å². The summed E-state index contributed by atoms with van der Waals surface area (Å²) < 4.78 is 11.1. The average Bonchev–Trinajstić information content (AvgIpc) is 3.16. The smallest absolute Gasteiger partial charge is 0.328 e. The summed E-state index contributed by atoms with van der Waals surface area (Å²) in [6, 6.07) is 4.98. The lowest BCUT2D eigenvalue weighted by molar-refractivity contribution is -0.138. The minimum Gasteiger partial charge on any atom is -0.497 e. The number of anilines is 1. The summed E-state index contributed by atoms with van der Waals surface area (Å²) in [6.07, 6.45) is 3.04. The van der Waals surface area contributed by atoms with Crippen LogP contribution in [0.1, 0.15) is 13.8 Å². The fourth-order valence-corrected chi connectivity index (χ4v) is 4.80. The van der Waals surface area contributed by atoms with E-state index < -0.39 is 12.2 Å². The molecule has 1 aromatic rings. The van der Waals surface area contributed by atoms with Gasteiger partial charge in [-0.2, -0.15) is 0 Å². The van der Waals surface area contributed by atoms with Crippen LogP contribution in [-0.2, 0) is 4.79 Å². The fraction of sp³-hybridized carbons (Fsp3) is 0.545. The van der Waals surface area contributed by atoms with Crippen LogP contribution in [0.25, 0.3) is 0 Å². The number of amides is 3. The number of carbonyl (C=O) groups is 2. The largest absolute Gasteiger partial charge is 0.497 e. The Bertz CT molecular complexity index is 891. The first kappa shape index (κ1) is 21.5. The minimum absolute atomic E-state index is 0.159. The Hall–Kier alpha value is -2.78. The van der Waals surface area contributed by atoms with Gasteiger partial charge in [0.1, 0.15) is 30.0 Å². The molecule has 0 radical (unpaired) electrons. The van der Waals surface area contributed by atoms with Crippen molar-refractivity contribution in [1.82, 2.24) is 20.0 Å². The van der Waals surface area contributed by atoms with Gasteiger partial charge < -0.3 is 19.3 Å². The molecule has 1 N–H and O–H groups in total. The zero-order chi connectivity index (χ0) is 22.3. The lowest BCUT2D eigenvalue weighted by atomic mass is 10.0. The number of urea groups is 1. The van der Waals surface area contributed by atoms with Gasteiger partial charge in [-0.05, 0) is 25.0 Å². The van der Waals surface area contributed by atoms with Gasteiger partial charge in [0.2, 0.25) is 0 Å².